The van der Waals surface area contributed by atoms with Crippen molar-refractivity contribution in [1.29, 1.82) is 0 Å². The molecule has 0 aliphatic carbocycles. The molecule has 0 atom stereocenters. The first-order valence-corrected chi connectivity index (χ1v) is 6.61. The molecule has 0 aliphatic rings. The molecule has 1 rings (SSSR count). The summed E-state index contributed by atoms with van der Waals surface area (Å²) in [5.74, 6) is 0.126. The van der Waals surface area contributed by atoms with E-state index >= 15 is 0 Å². The van der Waals surface area contributed by atoms with Gasteiger partial charge in [-0.25, -0.2) is 0 Å². The molecule has 1 N–H and O–H groups in total. The van der Waals surface area contributed by atoms with Gasteiger partial charge in [0.2, 0.25) is 0 Å². The lowest BCUT2D eigenvalue weighted by atomic mass is 10.1. The third-order valence-electron chi connectivity index (χ3n) is 2.63. The van der Waals surface area contributed by atoms with E-state index in [-0.39, 0.29) is 11.3 Å². The molecule has 0 aromatic carbocycles. The van der Waals surface area contributed by atoms with Crippen LogP contribution in [0.1, 0.15) is 39.1 Å². The highest BCUT2D eigenvalue weighted by molar-refractivity contribution is 6.32. The second-order valence-electron chi connectivity index (χ2n) is 5.48. The fraction of sp³-hybridized carbons (Fsp3) is 0.692. The summed E-state index contributed by atoms with van der Waals surface area (Å²) < 4.78 is 1.80. The molecule has 0 unspecified atom stereocenters. The van der Waals surface area contributed by atoms with Crippen LogP contribution < -0.4 is 5.32 Å². The molecule has 0 radical (unpaired) electrons. The number of carbonyl (C=O) groups excluding carboxylic acids is 1. The summed E-state index contributed by atoms with van der Waals surface area (Å²) in [7, 11) is 0. The van der Waals surface area contributed by atoms with Crippen molar-refractivity contribution in [1.82, 2.24) is 15.1 Å². The average molecular weight is 272 g/mol. The Kier molecular flexibility index (Phi) is 4.93. The molecule has 1 aromatic heterocycles. The van der Waals surface area contributed by atoms with Crippen molar-refractivity contribution in [2.75, 3.05) is 6.54 Å². The summed E-state index contributed by atoms with van der Waals surface area (Å²) in [6, 6.07) is 0. The van der Waals surface area contributed by atoms with E-state index in [9.17, 15) is 4.79 Å². The van der Waals surface area contributed by atoms with Crippen LogP contribution >= 0.6 is 11.6 Å². The molecule has 5 heteroatoms. The molecule has 102 valence electrons. The zero-order chi connectivity index (χ0) is 13.9. The standard InChI is InChI=1S/C13H22ClN3O/c1-6-17-11(12(14)9(2)16-17)7-10(18)8-15-13(3,4)5/h15H,6-8H2,1-5H3. The average Bonchev–Trinajstić information content (AvgIpc) is 2.53. The fourth-order valence-electron chi connectivity index (χ4n) is 1.65. The lowest BCUT2D eigenvalue weighted by Gasteiger charge is -2.19. The lowest BCUT2D eigenvalue weighted by Crippen LogP contribution is -2.39. The third kappa shape index (κ3) is 4.10. The topological polar surface area (TPSA) is 46.9 Å². The van der Waals surface area contributed by atoms with E-state index in [4.69, 9.17) is 11.6 Å². The Labute approximate surface area is 114 Å². The fourth-order valence-corrected chi connectivity index (χ4v) is 1.85. The number of carbonyl (C=O) groups is 1. The van der Waals surface area contributed by atoms with E-state index in [1.54, 1.807) is 4.68 Å². The summed E-state index contributed by atoms with van der Waals surface area (Å²) in [5, 5.41) is 8.10. The van der Waals surface area contributed by atoms with Crippen LogP contribution in [-0.4, -0.2) is 27.6 Å². The summed E-state index contributed by atoms with van der Waals surface area (Å²) >= 11 is 6.17. The van der Waals surface area contributed by atoms with E-state index in [0.29, 0.717) is 18.0 Å². The van der Waals surface area contributed by atoms with Gasteiger partial charge in [-0.15, -0.1) is 0 Å². The van der Waals surface area contributed by atoms with Crippen molar-refractivity contribution in [3.63, 3.8) is 0 Å². The molecule has 0 spiro atoms. The Morgan fingerprint density at radius 3 is 2.56 bits per heavy atom. The molecule has 0 bridgehead atoms. The third-order valence-corrected chi connectivity index (χ3v) is 3.12. The normalized spacial score (nSPS) is 11.9. The molecule has 18 heavy (non-hydrogen) atoms. The molecule has 0 amide bonds. The number of nitrogens with one attached hydrogen (secondary N) is 1. The number of rotatable bonds is 5. The van der Waals surface area contributed by atoms with E-state index < -0.39 is 0 Å². The minimum atomic E-state index is -0.0552. The second kappa shape index (κ2) is 5.85. The second-order valence-corrected chi connectivity index (χ2v) is 5.86. The van der Waals surface area contributed by atoms with Gasteiger partial charge in [0.25, 0.3) is 0 Å². The molecular formula is C13H22ClN3O. The van der Waals surface area contributed by atoms with Crippen LogP contribution in [0.3, 0.4) is 0 Å². The van der Waals surface area contributed by atoms with E-state index in [2.05, 4.69) is 10.4 Å². The number of aryl methyl sites for hydroxylation is 2. The highest BCUT2D eigenvalue weighted by atomic mass is 35.5. The Bertz CT molecular complexity index is 432. The first-order valence-electron chi connectivity index (χ1n) is 6.23. The van der Waals surface area contributed by atoms with Gasteiger partial charge in [-0.2, -0.15) is 5.10 Å². The number of aromatic nitrogens is 2. The number of ketones is 1. The van der Waals surface area contributed by atoms with E-state index in [1.807, 2.05) is 34.6 Å². The molecule has 0 aliphatic heterocycles. The molecule has 0 saturated heterocycles. The first-order chi connectivity index (χ1) is 8.24. The SMILES string of the molecule is CCn1nc(C)c(Cl)c1CC(=O)CNC(C)(C)C. The van der Waals surface area contributed by atoms with Crippen molar-refractivity contribution in [2.45, 2.75) is 53.1 Å². The summed E-state index contributed by atoms with van der Waals surface area (Å²) in [4.78, 5) is 11.9. The van der Waals surface area contributed by atoms with Crippen LogP contribution in [0.4, 0.5) is 0 Å². The lowest BCUT2D eigenvalue weighted by molar-refractivity contribution is -0.118. The highest BCUT2D eigenvalue weighted by Crippen LogP contribution is 2.20. The molecule has 4 nitrogen and oxygen atoms in total. The number of Topliss-reactive ketones (excluding diaryl/α,β-unsaturated/α-hetero) is 1. The summed E-state index contributed by atoms with van der Waals surface area (Å²) in [6.07, 6.45) is 0.330. The Balaban J connectivity index is 2.70. The number of halogens is 1. The maximum absolute atomic E-state index is 11.9. The van der Waals surface area contributed by atoms with Gasteiger partial charge in [-0.1, -0.05) is 11.6 Å². The molecule has 1 heterocycles. The highest BCUT2D eigenvalue weighted by Gasteiger charge is 2.17. The number of hydrogen-bond acceptors (Lipinski definition) is 3. The zero-order valence-corrected chi connectivity index (χ0v) is 12.6. The van der Waals surface area contributed by atoms with Gasteiger partial charge in [0, 0.05) is 12.1 Å². The van der Waals surface area contributed by atoms with Crippen molar-refractivity contribution in [2.24, 2.45) is 0 Å². The Morgan fingerprint density at radius 2 is 2.06 bits per heavy atom. The predicted octanol–water partition coefficient (Wildman–Crippen LogP) is 2.36. The minimum absolute atomic E-state index is 0.0552. The van der Waals surface area contributed by atoms with E-state index in [0.717, 1.165) is 17.9 Å². The number of hydrogen-bond donors (Lipinski definition) is 1. The van der Waals surface area contributed by atoms with Crippen LogP contribution in [0.2, 0.25) is 5.02 Å². The minimum Gasteiger partial charge on any atom is -0.305 e. The maximum Gasteiger partial charge on any atom is 0.152 e. The largest absolute Gasteiger partial charge is 0.305 e. The van der Waals surface area contributed by atoms with Crippen LogP contribution in [0, 0.1) is 6.92 Å². The summed E-state index contributed by atoms with van der Waals surface area (Å²) in [6.45, 7) is 11.0. The molecular weight excluding hydrogens is 250 g/mol. The zero-order valence-electron chi connectivity index (χ0n) is 11.8. The maximum atomic E-state index is 11.9. The predicted molar refractivity (Wildman–Crippen MR) is 74.1 cm³/mol. The van der Waals surface area contributed by atoms with Crippen LogP contribution in [0.25, 0.3) is 0 Å². The van der Waals surface area contributed by atoms with Crippen LogP contribution in [-0.2, 0) is 17.8 Å². The smallest absolute Gasteiger partial charge is 0.152 e. The van der Waals surface area contributed by atoms with Gasteiger partial charge in [-0.05, 0) is 34.6 Å². The van der Waals surface area contributed by atoms with Gasteiger partial charge >= 0.3 is 0 Å². The van der Waals surface area contributed by atoms with Crippen molar-refractivity contribution >= 4 is 17.4 Å². The molecule has 0 saturated carbocycles. The first kappa shape index (κ1) is 15.2. The molecule has 1 aromatic rings. The van der Waals surface area contributed by atoms with E-state index in [1.165, 1.54) is 0 Å². The Morgan fingerprint density at radius 1 is 1.44 bits per heavy atom. The molecule has 0 fully saturated rings. The van der Waals surface area contributed by atoms with Crippen molar-refractivity contribution in [3.8, 4) is 0 Å². The van der Waals surface area contributed by atoms with Crippen molar-refractivity contribution < 1.29 is 4.79 Å². The monoisotopic (exact) mass is 271 g/mol. The van der Waals surface area contributed by atoms with Gasteiger partial charge in [-0.3, -0.25) is 9.48 Å². The van der Waals surface area contributed by atoms with Crippen LogP contribution in [0.15, 0.2) is 0 Å². The Hall–Kier alpha value is -0.870. The van der Waals surface area contributed by atoms with Crippen molar-refractivity contribution in [3.05, 3.63) is 16.4 Å². The van der Waals surface area contributed by atoms with Gasteiger partial charge in [0.15, 0.2) is 5.78 Å². The quantitative estimate of drug-likeness (QED) is 0.894. The van der Waals surface area contributed by atoms with Gasteiger partial charge < -0.3 is 5.32 Å². The van der Waals surface area contributed by atoms with Gasteiger partial charge in [0.05, 0.1) is 29.4 Å². The summed E-state index contributed by atoms with van der Waals surface area (Å²) in [5.41, 5.74) is 1.54. The number of nitrogens with zero attached hydrogens (tertiary/aromatic N) is 2. The van der Waals surface area contributed by atoms with Crippen LogP contribution in [0.5, 0.6) is 0 Å². The van der Waals surface area contributed by atoms with Gasteiger partial charge in [0.1, 0.15) is 0 Å².